The van der Waals surface area contributed by atoms with Gasteiger partial charge in [0, 0.05) is 0 Å². The van der Waals surface area contributed by atoms with Gasteiger partial charge in [-0.15, -0.1) is 0 Å². The SMILES string of the molecule is CC.CC(C)(C)OC(=O)CNS(=O)c1ccc(-c2ccc(O)cc2)cc1.CCC. The molecule has 0 saturated heterocycles. The second-order valence-corrected chi connectivity index (χ2v) is 8.25. The van der Waals surface area contributed by atoms with Crippen LogP contribution in [0.25, 0.3) is 11.1 Å². The predicted molar refractivity (Wildman–Crippen MR) is 121 cm³/mol. The van der Waals surface area contributed by atoms with E-state index in [0.717, 1.165) is 11.1 Å². The smallest absolute Gasteiger partial charge is 0.321 e. The summed E-state index contributed by atoms with van der Waals surface area (Å²) in [6.07, 6.45) is 1.25. The molecule has 0 fully saturated rings. The van der Waals surface area contributed by atoms with Crippen LogP contribution < -0.4 is 4.72 Å². The molecular weight excluding hydrogens is 386 g/mol. The first-order chi connectivity index (χ1) is 13.7. The van der Waals surface area contributed by atoms with Gasteiger partial charge in [-0.3, -0.25) is 4.79 Å². The Morgan fingerprint density at radius 2 is 1.38 bits per heavy atom. The number of nitrogens with one attached hydrogen (secondary N) is 1. The van der Waals surface area contributed by atoms with Gasteiger partial charge in [0.15, 0.2) is 0 Å². The molecule has 5 nitrogen and oxygen atoms in total. The molecule has 0 amide bonds. The fraction of sp³-hybridized carbons (Fsp3) is 0.435. The van der Waals surface area contributed by atoms with Crippen LogP contribution in [0.5, 0.6) is 5.75 Å². The number of hydrogen-bond acceptors (Lipinski definition) is 4. The third kappa shape index (κ3) is 11.4. The van der Waals surface area contributed by atoms with Crippen molar-refractivity contribution in [3.8, 4) is 16.9 Å². The number of carbonyl (C=O) groups is 1. The number of rotatable bonds is 5. The average Bonchev–Trinajstić information content (AvgIpc) is 2.68. The number of phenolic OH excluding ortho intramolecular Hbond substituents is 1. The number of phenols is 1. The first kappa shape index (κ1) is 26.8. The number of esters is 1. The summed E-state index contributed by atoms with van der Waals surface area (Å²) in [5.74, 6) is -0.237. The highest BCUT2D eigenvalue weighted by Gasteiger charge is 2.16. The van der Waals surface area contributed by atoms with E-state index in [-0.39, 0.29) is 12.3 Å². The number of benzene rings is 2. The largest absolute Gasteiger partial charge is 0.508 e. The van der Waals surface area contributed by atoms with Crippen molar-refractivity contribution in [3.63, 3.8) is 0 Å². The summed E-state index contributed by atoms with van der Waals surface area (Å²) in [7, 11) is -1.49. The maximum Gasteiger partial charge on any atom is 0.321 e. The first-order valence-electron chi connectivity index (χ1n) is 9.92. The highest BCUT2D eigenvalue weighted by molar-refractivity contribution is 7.83. The highest BCUT2D eigenvalue weighted by Crippen LogP contribution is 2.22. The van der Waals surface area contributed by atoms with Crippen molar-refractivity contribution in [2.75, 3.05) is 6.54 Å². The van der Waals surface area contributed by atoms with E-state index in [1.807, 2.05) is 38.1 Å². The van der Waals surface area contributed by atoms with Crippen LogP contribution in [0.2, 0.25) is 0 Å². The molecule has 2 aromatic carbocycles. The zero-order valence-corrected chi connectivity index (χ0v) is 19.4. The van der Waals surface area contributed by atoms with Crippen LogP contribution in [-0.4, -0.2) is 27.4 Å². The lowest BCUT2D eigenvalue weighted by molar-refractivity contribution is -0.153. The van der Waals surface area contributed by atoms with Crippen molar-refractivity contribution in [2.24, 2.45) is 0 Å². The van der Waals surface area contributed by atoms with Gasteiger partial charge in [-0.25, -0.2) is 8.93 Å². The average molecular weight is 422 g/mol. The molecule has 0 spiro atoms. The molecule has 0 aromatic heterocycles. The third-order valence-corrected chi connectivity index (χ3v) is 4.14. The van der Waals surface area contributed by atoms with Crippen LogP contribution in [0.15, 0.2) is 53.4 Å². The standard InChI is InChI=1S/C18H21NO4S.C3H8.C2H6/c1-18(2,3)23-17(21)12-19-24(22)16-10-6-14(7-11-16)13-4-8-15(20)9-5-13;1-3-2;1-2/h4-11,19-20H,12H2,1-3H3;3H2,1-2H3;1-2H3. The lowest BCUT2D eigenvalue weighted by Crippen LogP contribution is -2.32. The summed E-state index contributed by atoms with van der Waals surface area (Å²) >= 11 is 0. The Kier molecular flexibility index (Phi) is 12.9. The third-order valence-electron chi connectivity index (χ3n) is 3.04. The van der Waals surface area contributed by atoms with Crippen molar-refractivity contribution in [1.82, 2.24) is 4.72 Å². The summed E-state index contributed by atoms with van der Waals surface area (Å²) in [4.78, 5) is 12.2. The maximum atomic E-state index is 12.2. The molecule has 0 radical (unpaired) electrons. The molecule has 0 saturated carbocycles. The van der Waals surface area contributed by atoms with Crippen LogP contribution in [0.1, 0.15) is 54.9 Å². The van der Waals surface area contributed by atoms with E-state index in [1.165, 1.54) is 6.42 Å². The van der Waals surface area contributed by atoms with Gasteiger partial charge in [0.2, 0.25) is 0 Å². The van der Waals surface area contributed by atoms with E-state index >= 15 is 0 Å². The Balaban J connectivity index is 0.00000143. The van der Waals surface area contributed by atoms with Gasteiger partial charge in [0.05, 0.1) is 4.90 Å². The summed E-state index contributed by atoms with van der Waals surface area (Å²) in [5.41, 5.74) is 1.33. The molecule has 1 atom stereocenters. The predicted octanol–water partition coefficient (Wildman–Crippen LogP) is 5.46. The zero-order valence-electron chi connectivity index (χ0n) is 18.6. The second-order valence-electron chi connectivity index (χ2n) is 6.95. The van der Waals surface area contributed by atoms with E-state index in [4.69, 9.17) is 4.74 Å². The molecule has 2 N–H and O–H groups in total. The van der Waals surface area contributed by atoms with Gasteiger partial charge in [0.1, 0.15) is 28.9 Å². The Labute approximate surface area is 178 Å². The quantitative estimate of drug-likeness (QED) is 0.629. The van der Waals surface area contributed by atoms with Gasteiger partial charge < -0.3 is 9.84 Å². The number of aromatic hydroxyl groups is 1. The van der Waals surface area contributed by atoms with Crippen LogP contribution in [0.3, 0.4) is 0 Å². The molecular formula is C23H35NO4S. The van der Waals surface area contributed by atoms with Gasteiger partial charge in [-0.1, -0.05) is 58.4 Å². The van der Waals surface area contributed by atoms with Gasteiger partial charge in [-0.2, -0.15) is 0 Å². The van der Waals surface area contributed by atoms with Gasteiger partial charge >= 0.3 is 5.97 Å². The minimum absolute atomic E-state index is 0.121. The Morgan fingerprint density at radius 1 is 0.966 bits per heavy atom. The fourth-order valence-corrected chi connectivity index (χ4v) is 2.81. The highest BCUT2D eigenvalue weighted by atomic mass is 32.2. The van der Waals surface area contributed by atoms with Crippen molar-refractivity contribution in [3.05, 3.63) is 48.5 Å². The van der Waals surface area contributed by atoms with E-state index in [9.17, 15) is 14.1 Å². The molecule has 0 aliphatic rings. The van der Waals surface area contributed by atoms with Crippen LogP contribution in [0.4, 0.5) is 0 Å². The fourth-order valence-electron chi connectivity index (χ4n) is 2.01. The van der Waals surface area contributed by atoms with Crippen molar-refractivity contribution in [1.29, 1.82) is 0 Å². The molecule has 2 rings (SSSR count). The Hall–Kier alpha value is -2.18. The van der Waals surface area contributed by atoms with E-state index in [0.29, 0.717) is 4.90 Å². The molecule has 0 aliphatic heterocycles. The summed E-state index contributed by atoms with van der Waals surface area (Å²) in [5, 5.41) is 9.31. The van der Waals surface area contributed by atoms with Crippen LogP contribution >= 0.6 is 0 Å². The molecule has 1 unspecified atom stereocenters. The lowest BCUT2D eigenvalue weighted by Gasteiger charge is -2.19. The molecule has 6 heteroatoms. The van der Waals surface area contributed by atoms with Crippen molar-refractivity contribution in [2.45, 2.75) is 65.4 Å². The number of hydrogen-bond donors (Lipinski definition) is 2. The maximum absolute atomic E-state index is 12.2. The summed E-state index contributed by atoms with van der Waals surface area (Å²) < 4.78 is 20.0. The van der Waals surface area contributed by atoms with Crippen LogP contribution in [0, 0.1) is 0 Å². The number of ether oxygens (including phenoxy) is 1. The monoisotopic (exact) mass is 421 g/mol. The minimum Gasteiger partial charge on any atom is -0.508 e. The summed E-state index contributed by atoms with van der Waals surface area (Å²) in [6.45, 7) is 13.5. The first-order valence-corrected chi connectivity index (χ1v) is 11.1. The van der Waals surface area contributed by atoms with Crippen molar-refractivity contribution >= 4 is 17.0 Å². The van der Waals surface area contributed by atoms with Gasteiger partial charge in [-0.05, 0) is 56.2 Å². The Bertz CT molecular complexity index is 735. The lowest BCUT2D eigenvalue weighted by atomic mass is 10.1. The molecule has 0 bridgehead atoms. The molecule has 2 aromatic rings. The molecule has 0 aliphatic carbocycles. The van der Waals surface area contributed by atoms with Gasteiger partial charge in [0.25, 0.3) is 0 Å². The number of carbonyl (C=O) groups excluding carboxylic acids is 1. The minimum atomic E-state index is -1.49. The topological polar surface area (TPSA) is 75.6 Å². The summed E-state index contributed by atoms with van der Waals surface area (Å²) in [6, 6.07) is 14.0. The van der Waals surface area contributed by atoms with E-state index < -0.39 is 22.6 Å². The molecule has 29 heavy (non-hydrogen) atoms. The Morgan fingerprint density at radius 3 is 1.79 bits per heavy atom. The van der Waals surface area contributed by atoms with E-state index in [1.54, 1.807) is 45.0 Å². The van der Waals surface area contributed by atoms with Crippen molar-refractivity contribution < 1.29 is 18.8 Å². The normalized spacial score (nSPS) is 11.3. The molecule has 0 heterocycles. The van der Waals surface area contributed by atoms with E-state index in [2.05, 4.69) is 18.6 Å². The zero-order chi connectivity index (χ0) is 22.4. The molecule has 162 valence electrons. The van der Waals surface area contributed by atoms with Crippen LogP contribution in [-0.2, 0) is 20.5 Å². The second kappa shape index (κ2) is 13.9.